The van der Waals surface area contributed by atoms with Gasteiger partial charge in [0.15, 0.2) is 0 Å². The molecular formula is C17H20F3N2O3-. The largest absolute Gasteiger partial charge is 0.550 e. The second-order valence-electron chi connectivity index (χ2n) is 6.25. The zero-order chi connectivity index (χ0) is 18.6. The first-order valence-corrected chi connectivity index (χ1v) is 8.13. The quantitative estimate of drug-likeness (QED) is 0.901. The second kappa shape index (κ2) is 7.76. The number of nitrogens with zero attached hydrogens (tertiary/aromatic N) is 1. The number of carboxylic acid groups (broad SMARTS) is 1. The molecule has 1 aliphatic rings. The average molecular weight is 357 g/mol. The smallest absolute Gasteiger partial charge is 0.416 e. The Hall–Kier alpha value is -2.25. The van der Waals surface area contributed by atoms with Crippen molar-refractivity contribution in [3.63, 3.8) is 0 Å². The van der Waals surface area contributed by atoms with Gasteiger partial charge in [-0.15, -0.1) is 0 Å². The Labute approximate surface area is 143 Å². The minimum atomic E-state index is -4.47. The van der Waals surface area contributed by atoms with Gasteiger partial charge in [0.1, 0.15) is 0 Å². The number of urea groups is 1. The van der Waals surface area contributed by atoms with E-state index in [1.165, 1.54) is 17.0 Å². The van der Waals surface area contributed by atoms with Crippen molar-refractivity contribution in [2.45, 2.75) is 32.4 Å². The maximum absolute atomic E-state index is 12.7. The number of alkyl halides is 3. The molecular weight excluding hydrogens is 337 g/mol. The number of carboxylic acids is 1. The molecule has 25 heavy (non-hydrogen) atoms. The number of carbonyl (C=O) groups excluding carboxylic acids is 2. The fraction of sp³-hybridized carbons (Fsp3) is 0.529. The highest BCUT2D eigenvalue weighted by molar-refractivity contribution is 5.89. The average Bonchev–Trinajstić information content (AvgIpc) is 2.54. The molecule has 2 rings (SSSR count). The second-order valence-corrected chi connectivity index (χ2v) is 6.25. The molecule has 1 heterocycles. The number of piperidine rings is 1. The number of nitrogens with one attached hydrogen (secondary N) is 1. The number of anilines is 1. The Morgan fingerprint density at radius 2 is 2.04 bits per heavy atom. The van der Waals surface area contributed by atoms with Crippen LogP contribution in [0.15, 0.2) is 24.3 Å². The van der Waals surface area contributed by atoms with Crippen molar-refractivity contribution < 1.29 is 27.9 Å². The molecule has 0 radical (unpaired) electrons. The summed E-state index contributed by atoms with van der Waals surface area (Å²) < 4.78 is 38.2. The van der Waals surface area contributed by atoms with Crippen LogP contribution in [0.1, 0.15) is 31.7 Å². The third-order valence-electron chi connectivity index (χ3n) is 4.57. The fourth-order valence-corrected chi connectivity index (χ4v) is 3.19. The summed E-state index contributed by atoms with van der Waals surface area (Å²) in [6, 6.07) is 3.98. The number of amides is 2. The molecule has 1 saturated heterocycles. The lowest BCUT2D eigenvalue weighted by molar-refractivity contribution is -0.307. The Morgan fingerprint density at radius 3 is 2.64 bits per heavy atom. The van der Waals surface area contributed by atoms with Crippen molar-refractivity contribution in [3.05, 3.63) is 29.8 Å². The van der Waals surface area contributed by atoms with Gasteiger partial charge in [0.2, 0.25) is 0 Å². The van der Waals surface area contributed by atoms with Crippen LogP contribution in [0.4, 0.5) is 23.7 Å². The zero-order valence-electron chi connectivity index (χ0n) is 13.8. The molecule has 0 aliphatic carbocycles. The first kappa shape index (κ1) is 19.1. The lowest BCUT2D eigenvalue weighted by Gasteiger charge is -2.38. The van der Waals surface area contributed by atoms with E-state index in [1.807, 2.05) is 6.92 Å². The standard InChI is InChI=1S/C17H21F3N2O3/c1-2-11-10-22(7-6-12(11)8-15(23)24)16(25)21-14-5-3-4-13(9-14)17(18,19)20/h3-5,9,11-12H,2,6-8,10H2,1H3,(H,21,25)(H,23,24)/p-1/t11-,12-/m0/s1. The highest BCUT2D eigenvalue weighted by Crippen LogP contribution is 2.31. The molecule has 138 valence electrons. The van der Waals surface area contributed by atoms with E-state index in [9.17, 15) is 27.9 Å². The molecule has 1 N–H and O–H groups in total. The van der Waals surface area contributed by atoms with Gasteiger partial charge in [-0.25, -0.2) is 4.79 Å². The number of halogens is 3. The first-order chi connectivity index (χ1) is 11.7. The number of benzene rings is 1. The summed E-state index contributed by atoms with van der Waals surface area (Å²) in [5.41, 5.74) is -0.755. The Morgan fingerprint density at radius 1 is 1.32 bits per heavy atom. The van der Waals surface area contributed by atoms with E-state index in [4.69, 9.17) is 0 Å². The first-order valence-electron chi connectivity index (χ1n) is 8.13. The van der Waals surface area contributed by atoms with Crippen molar-refractivity contribution in [2.75, 3.05) is 18.4 Å². The maximum atomic E-state index is 12.7. The molecule has 2 atom stereocenters. The van der Waals surface area contributed by atoms with E-state index < -0.39 is 23.7 Å². The van der Waals surface area contributed by atoms with Crippen LogP contribution in [0.5, 0.6) is 0 Å². The number of rotatable bonds is 4. The molecule has 1 aliphatic heterocycles. The van der Waals surface area contributed by atoms with Gasteiger partial charge >= 0.3 is 12.2 Å². The SMILES string of the molecule is CC[C@H]1CN(C(=O)Nc2cccc(C(F)(F)F)c2)CC[C@H]1CC(=O)[O-]. The van der Waals surface area contributed by atoms with Gasteiger partial charge in [0.25, 0.3) is 0 Å². The summed E-state index contributed by atoms with van der Waals surface area (Å²) in [5.74, 6) is -1.13. The van der Waals surface area contributed by atoms with Crippen molar-refractivity contribution in [2.24, 2.45) is 11.8 Å². The molecule has 2 amide bonds. The molecule has 0 saturated carbocycles. The minimum absolute atomic E-state index is 0.0268. The Balaban J connectivity index is 2.01. The summed E-state index contributed by atoms with van der Waals surface area (Å²) in [6.45, 7) is 2.65. The van der Waals surface area contributed by atoms with E-state index in [0.717, 1.165) is 12.1 Å². The highest BCUT2D eigenvalue weighted by Gasteiger charge is 2.32. The zero-order valence-corrected chi connectivity index (χ0v) is 13.8. The van der Waals surface area contributed by atoms with Gasteiger partial charge in [0, 0.05) is 24.7 Å². The van der Waals surface area contributed by atoms with Crippen molar-refractivity contribution in [1.29, 1.82) is 0 Å². The Bertz CT molecular complexity index is 634. The number of hydrogen-bond donors (Lipinski definition) is 1. The van der Waals surface area contributed by atoms with Crippen molar-refractivity contribution >= 4 is 17.7 Å². The third-order valence-corrected chi connectivity index (χ3v) is 4.57. The molecule has 1 aromatic carbocycles. The molecule has 0 spiro atoms. The van der Waals surface area contributed by atoms with E-state index >= 15 is 0 Å². The van der Waals surface area contributed by atoms with Crippen LogP contribution in [-0.2, 0) is 11.0 Å². The topological polar surface area (TPSA) is 72.5 Å². The maximum Gasteiger partial charge on any atom is 0.416 e. The predicted octanol–water partition coefficient (Wildman–Crippen LogP) is 2.73. The predicted molar refractivity (Wildman–Crippen MR) is 83.5 cm³/mol. The summed E-state index contributed by atoms with van der Waals surface area (Å²) in [6.07, 6.45) is -3.27. The van der Waals surface area contributed by atoms with E-state index in [-0.39, 0.29) is 23.9 Å². The van der Waals surface area contributed by atoms with Crippen LogP contribution in [-0.4, -0.2) is 30.0 Å². The normalized spacial score (nSPS) is 21.0. The van der Waals surface area contributed by atoms with E-state index in [2.05, 4.69) is 5.32 Å². The third kappa shape index (κ3) is 5.11. The molecule has 0 bridgehead atoms. The summed E-state index contributed by atoms with van der Waals surface area (Å²) >= 11 is 0. The molecule has 8 heteroatoms. The minimum Gasteiger partial charge on any atom is -0.550 e. The Kier molecular flexibility index (Phi) is 5.92. The van der Waals surface area contributed by atoms with Gasteiger partial charge < -0.3 is 20.1 Å². The summed E-state index contributed by atoms with van der Waals surface area (Å²) in [5, 5.41) is 13.3. The van der Waals surface area contributed by atoms with Crippen LogP contribution in [0.25, 0.3) is 0 Å². The lowest BCUT2D eigenvalue weighted by Crippen LogP contribution is -2.46. The van der Waals surface area contributed by atoms with Gasteiger partial charge in [-0.1, -0.05) is 19.4 Å². The molecule has 5 nitrogen and oxygen atoms in total. The molecule has 1 fully saturated rings. The summed E-state index contributed by atoms with van der Waals surface area (Å²) in [4.78, 5) is 24.6. The van der Waals surface area contributed by atoms with Crippen LogP contribution in [0.3, 0.4) is 0 Å². The molecule has 0 aromatic heterocycles. The van der Waals surface area contributed by atoms with E-state index in [0.29, 0.717) is 25.9 Å². The van der Waals surface area contributed by atoms with Gasteiger partial charge in [0.05, 0.1) is 5.56 Å². The van der Waals surface area contributed by atoms with Crippen LogP contribution in [0.2, 0.25) is 0 Å². The van der Waals surface area contributed by atoms with Gasteiger partial charge in [-0.2, -0.15) is 13.2 Å². The number of likely N-dealkylation sites (tertiary alicyclic amines) is 1. The molecule has 1 aromatic rings. The fourth-order valence-electron chi connectivity index (χ4n) is 3.19. The van der Waals surface area contributed by atoms with Crippen molar-refractivity contribution in [1.82, 2.24) is 4.90 Å². The van der Waals surface area contributed by atoms with Crippen LogP contribution >= 0.6 is 0 Å². The molecule has 0 unspecified atom stereocenters. The summed E-state index contributed by atoms with van der Waals surface area (Å²) in [7, 11) is 0. The number of carbonyl (C=O) groups is 2. The van der Waals surface area contributed by atoms with Gasteiger partial charge in [-0.05, 0) is 42.9 Å². The number of hydrogen-bond acceptors (Lipinski definition) is 3. The highest BCUT2D eigenvalue weighted by atomic mass is 19.4. The van der Waals surface area contributed by atoms with E-state index in [1.54, 1.807) is 0 Å². The lowest BCUT2D eigenvalue weighted by atomic mass is 9.82. The monoisotopic (exact) mass is 357 g/mol. The van der Waals surface area contributed by atoms with Gasteiger partial charge in [-0.3, -0.25) is 0 Å². The van der Waals surface area contributed by atoms with Crippen LogP contribution in [0, 0.1) is 11.8 Å². The van der Waals surface area contributed by atoms with Crippen molar-refractivity contribution in [3.8, 4) is 0 Å². The van der Waals surface area contributed by atoms with Crippen LogP contribution < -0.4 is 10.4 Å². The number of aliphatic carboxylic acids is 1.